The van der Waals surface area contributed by atoms with Crippen molar-refractivity contribution in [3.8, 4) is 27.9 Å². The van der Waals surface area contributed by atoms with E-state index in [1.807, 2.05) is 22.6 Å². The quantitative estimate of drug-likeness (QED) is 0.167. The summed E-state index contributed by atoms with van der Waals surface area (Å²) >= 11 is 0. The molecule has 0 N–H and O–H groups in total. The van der Waals surface area contributed by atoms with E-state index in [0.717, 1.165) is 43.5 Å². The predicted molar refractivity (Wildman–Crippen MR) is 222 cm³/mol. The molecule has 0 aliphatic heterocycles. The topological polar surface area (TPSA) is 26.4 Å². The Labute approximate surface area is 304 Å². The van der Waals surface area contributed by atoms with Crippen LogP contribution in [0.5, 0.6) is 0 Å². The van der Waals surface area contributed by atoms with Gasteiger partial charge in [-0.1, -0.05) is 141 Å². The standard InChI is InChI=1S/C50H32N2O/c1-50(2)42-20-9-7-14-33(42)36-23-24-39-35-16-8-10-21-43(35)51(48(39)46(36)50)44-27-25-30(31-12-3-5-15-34(31)44)29-22-26-45-41(28-29)38-19-11-18-37-32-13-4-6-17-40(32)49(53)52(45)47(37)38/h3-28H,1-2H3. The summed E-state index contributed by atoms with van der Waals surface area (Å²) in [6.45, 7) is 4.76. The number of pyridine rings is 1. The Morgan fingerprint density at radius 3 is 1.92 bits per heavy atom. The summed E-state index contributed by atoms with van der Waals surface area (Å²) in [5.41, 5.74) is 13.2. The lowest BCUT2D eigenvalue weighted by Gasteiger charge is -2.24. The maximum Gasteiger partial charge on any atom is 0.263 e. The molecule has 0 saturated heterocycles. The number of nitrogens with zero attached hydrogens (tertiary/aromatic N) is 2. The molecule has 0 atom stereocenters. The Balaban J connectivity index is 1.14. The third-order valence-corrected chi connectivity index (χ3v) is 12.2. The third-order valence-electron chi connectivity index (χ3n) is 12.2. The van der Waals surface area contributed by atoms with Crippen LogP contribution < -0.4 is 5.56 Å². The molecule has 3 nitrogen and oxygen atoms in total. The molecule has 3 aromatic heterocycles. The van der Waals surface area contributed by atoms with Gasteiger partial charge in [0.25, 0.3) is 5.56 Å². The molecule has 0 fully saturated rings. The van der Waals surface area contributed by atoms with Gasteiger partial charge in [-0.05, 0) is 74.5 Å². The van der Waals surface area contributed by atoms with Gasteiger partial charge < -0.3 is 4.57 Å². The van der Waals surface area contributed by atoms with Crippen molar-refractivity contribution in [1.82, 2.24) is 8.97 Å². The smallest absolute Gasteiger partial charge is 0.263 e. The van der Waals surface area contributed by atoms with Gasteiger partial charge in [-0.3, -0.25) is 9.20 Å². The number of para-hydroxylation sites is 2. The second-order valence-corrected chi connectivity index (χ2v) is 15.2. The number of aromatic nitrogens is 2. The highest BCUT2D eigenvalue weighted by atomic mass is 16.1. The van der Waals surface area contributed by atoms with E-state index < -0.39 is 0 Å². The van der Waals surface area contributed by atoms with Crippen molar-refractivity contribution in [2.75, 3.05) is 0 Å². The van der Waals surface area contributed by atoms with E-state index in [4.69, 9.17) is 0 Å². The summed E-state index contributed by atoms with van der Waals surface area (Å²) in [4.78, 5) is 14.0. The molecule has 3 heteroatoms. The largest absolute Gasteiger partial charge is 0.308 e. The first kappa shape index (κ1) is 28.9. The van der Waals surface area contributed by atoms with Gasteiger partial charge in [0.2, 0.25) is 0 Å². The molecule has 8 aromatic carbocycles. The van der Waals surface area contributed by atoms with Gasteiger partial charge >= 0.3 is 0 Å². The molecule has 0 radical (unpaired) electrons. The molecule has 0 bridgehead atoms. The van der Waals surface area contributed by atoms with E-state index in [1.54, 1.807) is 0 Å². The van der Waals surface area contributed by atoms with Crippen molar-refractivity contribution in [2.45, 2.75) is 19.3 Å². The molecule has 12 rings (SSSR count). The average Bonchev–Trinajstić information content (AvgIpc) is 3.80. The van der Waals surface area contributed by atoms with E-state index >= 15 is 0 Å². The third kappa shape index (κ3) is 3.57. The summed E-state index contributed by atoms with van der Waals surface area (Å²) in [7, 11) is 0. The van der Waals surface area contributed by atoms with E-state index in [-0.39, 0.29) is 11.0 Å². The number of hydrogen-bond donors (Lipinski definition) is 0. The molecule has 1 aliphatic rings. The van der Waals surface area contributed by atoms with Gasteiger partial charge in [-0.2, -0.15) is 0 Å². The van der Waals surface area contributed by atoms with Gasteiger partial charge in [0.1, 0.15) is 0 Å². The zero-order chi connectivity index (χ0) is 35.2. The molecule has 53 heavy (non-hydrogen) atoms. The molecule has 3 heterocycles. The van der Waals surface area contributed by atoms with E-state index in [0.29, 0.717) is 0 Å². The van der Waals surface area contributed by atoms with Crippen molar-refractivity contribution in [3.05, 3.63) is 179 Å². The minimum atomic E-state index is -0.161. The lowest BCUT2D eigenvalue weighted by atomic mass is 9.81. The molecule has 0 unspecified atom stereocenters. The lowest BCUT2D eigenvalue weighted by Crippen LogP contribution is -2.16. The monoisotopic (exact) mass is 676 g/mol. The Morgan fingerprint density at radius 1 is 0.434 bits per heavy atom. The van der Waals surface area contributed by atoms with Gasteiger partial charge in [0.05, 0.1) is 27.8 Å². The minimum absolute atomic E-state index is 0.0331. The van der Waals surface area contributed by atoms with Crippen LogP contribution in [0.2, 0.25) is 0 Å². The van der Waals surface area contributed by atoms with Crippen molar-refractivity contribution in [1.29, 1.82) is 0 Å². The molecular weight excluding hydrogens is 645 g/mol. The Bertz CT molecular complexity index is 3450. The van der Waals surface area contributed by atoms with Gasteiger partial charge in [0, 0.05) is 43.1 Å². The maximum absolute atomic E-state index is 14.0. The Hall–Kier alpha value is -6.71. The van der Waals surface area contributed by atoms with Crippen LogP contribution in [-0.2, 0) is 5.41 Å². The predicted octanol–water partition coefficient (Wildman–Crippen LogP) is 12.4. The number of benzene rings is 8. The second-order valence-electron chi connectivity index (χ2n) is 15.2. The first-order valence-corrected chi connectivity index (χ1v) is 18.4. The zero-order valence-corrected chi connectivity index (χ0v) is 29.3. The highest BCUT2D eigenvalue weighted by molar-refractivity contribution is 6.21. The first-order chi connectivity index (χ1) is 26.0. The summed E-state index contributed by atoms with van der Waals surface area (Å²) in [6, 6.07) is 56.9. The normalized spacial score (nSPS) is 13.7. The van der Waals surface area contributed by atoms with Crippen LogP contribution in [0.25, 0.3) is 98.5 Å². The van der Waals surface area contributed by atoms with E-state index in [9.17, 15) is 4.79 Å². The van der Waals surface area contributed by atoms with Crippen LogP contribution in [0.1, 0.15) is 25.0 Å². The summed E-state index contributed by atoms with van der Waals surface area (Å²) in [5, 5.41) is 9.99. The van der Waals surface area contributed by atoms with Crippen LogP contribution in [0.3, 0.4) is 0 Å². The highest BCUT2D eigenvalue weighted by Gasteiger charge is 2.38. The molecule has 0 saturated carbocycles. The van der Waals surface area contributed by atoms with Crippen molar-refractivity contribution < 1.29 is 0 Å². The molecular formula is C50H32N2O. The molecule has 11 aromatic rings. The van der Waals surface area contributed by atoms with Crippen LogP contribution in [0.15, 0.2) is 163 Å². The maximum atomic E-state index is 14.0. The molecule has 248 valence electrons. The fourth-order valence-electron chi connectivity index (χ4n) is 9.98. The molecule has 0 amide bonds. The van der Waals surface area contributed by atoms with Gasteiger partial charge in [-0.25, -0.2) is 0 Å². The highest BCUT2D eigenvalue weighted by Crippen LogP contribution is 2.53. The molecule has 0 spiro atoms. The Kier molecular flexibility index (Phi) is 5.45. The van der Waals surface area contributed by atoms with E-state index in [1.165, 1.54) is 66.1 Å². The SMILES string of the molecule is CC1(C)c2ccccc2-c2ccc3c4ccccc4n(-c4ccc(-c5ccc6c(c5)c5cccc7c8ccccc8c(=O)n6c75)c5ccccc45)c3c21. The van der Waals surface area contributed by atoms with Crippen LogP contribution in [-0.4, -0.2) is 8.97 Å². The first-order valence-electron chi connectivity index (χ1n) is 18.4. The summed E-state index contributed by atoms with van der Waals surface area (Å²) in [6.07, 6.45) is 0. The lowest BCUT2D eigenvalue weighted by molar-refractivity contribution is 0.664. The summed E-state index contributed by atoms with van der Waals surface area (Å²) < 4.78 is 4.45. The molecule has 1 aliphatic carbocycles. The summed E-state index contributed by atoms with van der Waals surface area (Å²) in [5.74, 6) is 0. The number of rotatable bonds is 2. The average molecular weight is 677 g/mol. The van der Waals surface area contributed by atoms with E-state index in [2.05, 4.69) is 158 Å². The number of hydrogen-bond acceptors (Lipinski definition) is 1. The Morgan fingerprint density at radius 2 is 1.08 bits per heavy atom. The van der Waals surface area contributed by atoms with Crippen LogP contribution >= 0.6 is 0 Å². The second kappa shape index (κ2) is 9.99. The zero-order valence-electron chi connectivity index (χ0n) is 29.3. The minimum Gasteiger partial charge on any atom is -0.308 e. The fraction of sp³-hybridized carbons (Fsp3) is 0.0600. The van der Waals surface area contributed by atoms with Crippen LogP contribution in [0, 0.1) is 0 Å². The van der Waals surface area contributed by atoms with Crippen molar-refractivity contribution in [3.63, 3.8) is 0 Å². The van der Waals surface area contributed by atoms with Gasteiger partial charge in [-0.15, -0.1) is 0 Å². The fourth-order valence-corrected chi connectivity index (χ4v) is 9.98. The van der Waals surface area contributed by atoms with Gasteiger partial charge in [0.15, 0.2) is 0 Å². The van der Waals surface area contributed by atoms with Crippen molar-refractivity contribution in [2.24, 2.45) is 0 Å². The van der Waals surface area contributed by atoms with Crippen molar-refractivity contribution >= 4 is 70.5 Å². The number of fused-ring (bicyclic) bond motifs is 13. The van der Waals surface area contributed by atoms with Crippen LogP contribution in [0.4, 0.5) is 0 Å².